The van der Waals surface area contributed by atoms with Crippen LogP contribution in [0.3, 0.4) is 0 Å². The number of ether oxygens (including phenoxy) is 2. The topological polar surface area (TPSA) is 93.7 Å². The van der Waals surface area contributed by atoms with Gasteiger partial charge in [-0.3, -0.25) is 9.59 Å². The molecule has 1 heterocycles. The Kier molecular flexibility index (Phi) is 13.2. The molecule has 0 radical (unpaired) electrons. The van der Waals surface area contributed by atoms with Crippen LogP contribution in [0.25, 0.3) is 10.6 Å². The molecule has 0 saturated carbocycles. The molecular formula is C25H38N4O4S. The maximum absolute atomic E-state index is 12.7. The van der Waals surface area contributed by atoms with Crippen molar-refractivity contribution in [3.8, 4) is 16.3 Å². The molecule has 34 heavy (non-hydrogen) atoms. The summed E-state index contributed by atoms with van der Waals surface area (Å²) in [5, 5.41) is 12.2. The Morgan fingerprint density at radius 1 is 0.941 bits per heavy atom. The number of anilines is 1. The van der Waals surface area contributed by atoms with Crippen molar-refractivity contribution in [1.82, 2.24) is 15.1 Å². The van der Waals surface area contributed by atoms with Crippen LogP contribution in [0.1, 0.15) is 64.7 Å². The van der Waals surface area contributed by atoms with Gasteiger partial charge in [-0.1, -0.05) is 56.8 Å². The predicted molar refractivity (Wildman–Crippen MR) is 136 cm³/mol. The highest BCUT2D eigenvalue weighted by Gasteiger charge is 2.16. The van der Waals surface area contributed by atoms with Crippen LogP contribution in [0, 0.1) is 0 Å². The Morgan fingerprint density at radius 3 is 2.32 bits per heavy atom. The number of carbonyl (C=O) groups excluding carboxylic acids is 2. The van der Waals surface area contributed by atoms with E-state index in [4.69, 9.17) is 9.47 Å². The number of methoxy groups -OCH3 is 2. The molecule has 2 aromatic rings. The molecule has 0 saturated heterocycles. The number of carbonyl (C=O) groups is 2. The summed E-state index contributed by atoms with van der Waals surface area (Å²) >= 11 is 1.31. The minimum absolute atomic E-state index is 0.0797. The highest BCUT2D eigenvalue weighted by molar-refractivity contribution is 7.18. The molecule has 0 atom stereocenters. The van der Waals surface area contributed by atoms with E-state index in [-0.39, 0.29) is 18.2 Å². The Morgan fingerprint density at radius 2 is 1.65 bits per heavy atom. The van der Waals surface area contributed by atoms with Gasteiger partial charge in [-0.2, -0.15) is 0 Å². The number of hydrogen-bond acceptors (Lipinski definition) is 7. The zero-order valence-electron chi connectivity index (χ0n) is 20.7. The van der Waals surface area contributed by atoms with Crippen LogP contribution in [-0.4, -0.2) is 60.8 Å². The van der Waals surface area contributed by atoms with E-state index >= 15 is 0 Å². The first kappa shape index (κ1) is 27.7. The summed E-state index contributed by atoms with van der Waals surface area (Å²) < 4.78 is 10.3. The third kappa shape index (κ3) is 10.2. The summed E-state index contributed by atoms with van der Waals surface area (Å²) in [6.07, 6.45) is 8.88. The number of amides is 2. The van der Waals surface area contributed by atoms with Crippen molar-refractivity contribution < 1.29 is 19.1 Å². The molecule has 0 unspecified atom stereocenters. The summed E-state index contributed by atoms with van der Waals surface area (Å²) in [7, 11) is 3.23. The van der Waals surface area contributed by atoms with Gasteiger partial charge >= 0.3 is 0 Å². The number of rotatable bonds is 17. The quantitative estimate of drug-likeness (QED) is 0.308. The molecular weight excluding hydrogens is 452 g/mol. The van der Waals surface area contributed by atoms with Gasteiger partial charge in [-0.15, -0.1) is 10.2 Å². The fourth-order valence-corrected chi connectivity index (χ4v) is 4.26. The van der Waals surface area contributed by atoms with Gasteiger partial charge in [0.15, 0.2) is 0 Å². The summed E-state index contributed by atoms with van der Waals surface area (Å²) in [5.41, 5.74) is 0.903. The van der Waals surface area contributed by atoms with E-state index in [9.17, 15) is 9.59 Å². The highest BCUT2D eigenvalue weighted by atomic mass is 32.1. The standard InChI is InChI=1S/C25H38N4O4S/c1-4-5-6-7-8-9-10-11-23(31)29(18-19-32-2)17-16-22(30)26-25-28-27-24(34-25)20-12-14-21(33-3)15-13-20/h12-15H,4-11,16-19H2,1-3H3,(H,26,28,30). The number of aromatic nitrogens is 2. The second-order valence-corrected chi connectivity index (χ2v) is 9.16. The first-order valence-corrected chi connectivity index (χ1v) is 12.9. The molecule has 1 aromatic carbocycles. The van der Waals surface area contributed by atoms with E-state index in [2.05, 4.69) is 22.4 Å². The minimum atomic E-state index is -0.191. The lowest BCUT2D eigenvalue weighted by atomic mass is 10.1. The van der Waals surface area contributed by atoms with E-state index < -0.39 is 0 Å². The van der Waals surface area contributed by atoms with Gasteiger partial charge in [0.25, 0.3) is 0 Å². The third-order valence-corrected chi connectivity index (χ3v) is 6.42. The SMILES string of the molecule is CCCCCCCCCC(=O)N(CCOC)CCC(=O)Nc1nnc(-c2ccc(OC)cc2)s1. The van der Waals surface area contributed by atoms with Crippen molar-refractivity contribution >= 4 is 28.3 Å². The molecule has 0 fully saturated rings. The fraction of sp³-hybridized carbons (Fsp3) is 0.600. The molecule has 2 amide bonds. The van der Waals surface area contributed by atoms with Gasteiger partial charge in [0.1, 0.15) is 10.8 Å². The highest BCUT2D eigenvalue weighted by Crippen LogP contribution is 2.27. The first-order valence-electron chi connectivity index (χ1n) is 12.1. The second-order valence-electron chi connectivity index (χ2n) is 8.18. The van der Waals surface area contributed by atoms with Gasteiger partial charge < -0.3 is 19.7 Å². The second kappa shape index (κ2) is 16.2. The normalized spacial score (nSPS) is 10.8. The van der Waals surface area contributed by atoms with Crippen molar-refractivity contribution in [3.63, 3.8) is 0 Å². The minimum Gasteiger partial charge on any atom is -0.497 e. The summed E-state index contributed by atoms with van der Waals surface area (Å²) in [6, 6.07) is 7.50. The predicted octanol–water partition coefficient (Wildman–Crippen LogP) is 5.16. The molecule has 1 aromatic heterocycles. The number of unbranched alkanes of at least 4 members (excludes halogenated alkanes) is 6. The monoisotopic (exact) mass is 490 g/mol. The molecule has 0 aliphatic rings. The van der Waals surface area contributed by atoms with Crippen molar-refractivity contribution in [3.05, 3.63) is 24.3 Å². The number of hydrogen-bond donors (Lipinski definition) is 1. The van der Waals surface area contributed by atoms with Crippen LogP contribution in [0.2, 0.25) is 0 Å². The zero-order valence-corrected chi connectivity index (χ0v) is 21.5. The van der Waals surface area contributed by atoms with Crippen LogP contribution in [0.5, 0.6) is 5.75 Å². The van der Waals surface area contributed by atoms with Crippen LogP contribution >= 0.6 is 11.3 Å². The molecule has 188 valence electrons. The Balaban J connectivity index is 1.77. The fourth-order valence-electron chi connectivity index (χ4n) is 3.50. The van der Waals surface area contributed by atoms with Crippen molar-refractivity contribution in [2.75, 3.05) is 39.2 Å². The summed E-state index contributed by atoms with van der Waals surface area (Å²) in [4.78, 5) is 26.9. The molecule has 0 aliphatic heterocycles. The number of nitrogens with zero attached hydrogens (tertiary/aromatic N) is 3. The maximum Gasteiger partial charge on any atom is 0.227 e. The van der Waals surface area contributed by atoms with E-state index in [1.54, 1.807) is 19.1 Å². The molecule has 2 rings (SSSR count). The summed E-state index contributed by atoms with van der Waals surface area (Å²) in [5.74, 6) is 0.654. The number of nitrogens with one attached hydrogen (secondary N) is 1. The first-order chi connectivity index (χ1) is 16.6. The summed E-state index contributed by atoms with van der Waals surface area (Å²) in [6.45, 7) is 3.50. The van der Waals surface area contributed by atoms with Gasteiger partial charge in [0, 0.05) is 38.6 Å². The lowest BCUT2D eigenvalue weighted by Crippen LogP contribution is -2.36. The Labute approximate surface area is 207 Å². The smallest absolute Gasteiger partial charge is 0.227 e. The lowest BCUT2D eigenvalue weighted by Gasteiger charge is -2.22. The van der Waals surface area contributed by atoms with E-state index in [1.807, 2.05) is 24.3 Å². The van der Waals surface area contributed by atoms with Crippen LogP contribution in [0.15, 0.2) is 24.3 Å². The van der Waals surface area contributed by atoms with Gasteiger partial charge in [0.05, 0.1) is 13.7 Å². The average Bonchev–Trinajstić information content (AvgIpc) is 3.31. The van der Waals surface area contributed by atoms with Crippen LogP contribution in [0.4, 0.5) is 5.13 Å². The van der Waals surface area contributed by atoms with Gasteiger partial charge in [0.2, 0.25) is 16.9 Å². The van der Waals surface area contributed by atoms with E-state index in [1.165, 1.54) is 43.4 Å². The molecule has 0 aliphatic carbocycles. The van der Waals surface area contributed by atoms with Crippen LogP contribution < -0.4 is 10.1 Å². The average molecular weight is 491 g/mol. The van der Waals surface area contributed by atoms with Crippen molar-refractivity contribution in [2.45, 2.75) is 64.7 Å². The zero-order chi connectivity index (χ0) is 24.6. The lowest BCUT2D eigenvalue weighted by molar-refractivity contribution is -0.132. The van der Waals surface area contributed by atoms with Crippen molar-refractivity contribution in [1.29, 1.82) is 0 Å². The van der Waals surface area contributed by atoms with Crippen molar-refractivity contribution in [2.24, 2.45) is 0 Å². The molecule has 9 heteroatoms. The molecule has 0 spiro atoms. The maximum atomic E-state index is 12.7. The third-order valence-electron chi connectivity index (χ3n) is 5.53. The molecule has 1 N–H and O–H groups in total. The van der Waals surface area contributed by atoms with E-state index in [0.717, 1.165) is 24.2 Å². The van der Waals surface area contributed by atoms with Gasteiger partial charge in [-0.05, 0) is 30.7 Å². The van der Waals surface area contributed by atoms with Gasteiger partial charge in [-0.25, -0.2) is 0 Å². The van der Waals surface area contributed by atoms with E-state index in [0.29, 0.717) is 36.3 Å². The number of benzene rings is 1. The largest absolute Gasteiger partial charge is 0.497 e. The Hall–Kier alpha value is -2.52. The molecule has 8 nitrogen and oxygen atoms in total. The Bertz CT molecular complexity index is 857. The van der Waals surface area contributed by atoms with Crippen LogP contribution in [-0.2, 0) is 14.3 Å². The molecule has 0 bridgehead atoms.